The number of halogens is 2. The van der Waals surface area contributed by atoms with Gasteiger partial charge in [0.25, 0.3) is 0 Å². The molecule has 0 spiro atoms. The third-order valence-corrected chi connectivity index (χ3v) is 6.41. The average Bonchev–Trinajstić information content (AvgIpc) is 2.76. The predicted octanol–water partition coefficient (Wildman–Crippen LogP) is 7.58. The minimum atomic E-state index is -0.258. The number of benzene rings is 4. The molecule has 0 aliphatic carbocycles. The molecule has 0 saturated carbocycles. The fourth-order valence-corrected chi connectivity index (χ4v) is 4.94. The summed E-state index contributed by atoms with van der Waals surface area (Å²) >= 11 is 1.69. The molecule has 0 fully saturated rings. The van der Waals surface area contributed by atoms with E-state index in [1.165, 1.54) is 12.1 Å². The second kappa shape index (κ2) is 9.06. The Morgan fingerprint density at radius 2 is 0.828 bits per heavy atom. The zero-order valence-electron chi connectivity index (χ0n) is 15.7. The fourth-order valence-electron chi connectivity index (χ4n) is 3.43. The van der Waals surface area contributed by atoms with E-state index in [-0.39, 0.29) is 22.1 Å². The van der Waals surface area contributed by atoms with E-state index in [1.54, 1.807) is 36.0 Å². The normalized spacial score (nSPS) is 13.0. The highest BCUT2D eigenvalue weighted by atomic mass is 32.2. The number of hydrogen-bond donors (Lipinski definition) is 0. The summed E-state index contributed by atoms with van der Waals surface area (Å²) in [6.07, 6.45) is 0. The predicted molar refractivity (Wildman–Crippen MR) is 117 cm³/mol. The number of rotatable bonds is 6. The minimum absolute atomic E-state index is 0.0969. The van der Waals surface area contributed by atoms with Crippen LogP contribution in [-0.2, 0) is 0 Å². The van der Waals surface area contributed by atoms with E-state index < -0.39 is 0 Å². The molecule has 4 aromatic carbocycles. The van der Waals surface area contributed by atoms with Crippen molar-refractivity contribution in [2.45, 2.75) is 10.5 Å². The van der Waals surface area contributed by atoms with E-state index in [0.29, 0.717) is 0 Å². The van der Waals surface area contributed by atoms with Gasteiger partial charge in [0.1, 0.15) is 11.6 Å². The van der Waals surface area contributed by atoms with Crippen LogP contribution in [-0.4, -0.2) is 0 Å². The molecule has 2 atom stereocenters. The molecule has 0 N–H and O–H groups in total. The molecule has 3 heteroatoms. The molecule has 144 valence electrons. The van der Waals surface area contributed by atoms with Crippen LogP contribution in [0.15, 0.2) is 109 Å². The molecule has 4 rings (SSSR count). The zero-order chi connectivity index (χ0) is 20.1. The SMILES string of the molecule is Fc1cccc(C(SC(c2ccccc2)c2cccc(F)c2)c2ccccc2)c1. The van der Waals surface area contributed by atoms with Crippen molar-refractivity contribution >= 4 is 11.8 Å². The Bertz CT molecular complexity index is 977. The van der Waals surface area contributed by atoms with Gasteiger partial charge in [-0.1, -0.05) is 84.9 Å². The maximum absolute atomic E-state index is 14.0. The van der Waals surface area contributed by atoms with E-state index in [9.17, 15) is 8.78 Å². The van der Waals surface area contributed by atoms with Crippen LogP contribution in [0.4, 0.5) is 8.78 Å². The van der Waals surface area contributed by atoms with E-state index in [2.05, 4.69) is 24.3 Å². The van der Waals surface area contributed by atoms with Crippen LogP contribution in [0.25, 0.3) is 0 Å². The first-order valence-electron chi connectivity index (χ1n) is 9.47. The summed E-state index contributed by atoms with van der Waals surface area (Å²) in [4.78, 5) is 0. The minimum Gasteiger partial charge on any atom is -0.207 e. The largest absolute Gasteiger partial charge is 0.207 e. The van der Waals surface area contributed by atoms with Crippen LogP contribution >= 0.6 is 11.8 Å². The third-order valence-electron chi connectivity index (χ3n) is 4.78. The fraction of sp³-hybridized carbons (Fsp3) is 0.0769. The molecule has 0 heterocycles. The van der Waals surface area contributed by atoms with Crippen molar-refractivity contribution < 1.29 is 8.78 Å². The molecule has 0 radical (unpaired) electrons. The Hall–Kier alpha value is -2.91. The Morgan fingerprint density at radius 3 is 1.21 bits per heavy atom. The van der Waals surface area contributed by atoms with Crippen molar-refractivity contribution in [2.75, 3.05) is 0 Å². The van der Waals surface area contributed by atoms with Crippen LogP contribution in [0.5, 0.6) is 0 Å². The smallest absolute Gasteiger partial charge is 0.123 e. The van der Waals surface area contributed by atoms with Crippen LogP contribution in [0, 0.1) is 11.6 Å². The lowest BCUT2D eigenvalue weighted by molar-refractivity contribution is 0.625. The summed E-state index contributed by atoms with van der Waals surface area (Å²) in [7, 11) is 0. The molecule has 0 bridgehead atoms. The maximum atomic E-state index is 14.0. The van der Waals surface area contributed by atoms with Gasteiger partial charge < -0.3 is 0 Å². The van der Waals surface area contributed by atoms with Crippen LogP contribution in [0.3, 0.4) is 0 Å². The van der Waals surface area contributed by atoms with Crippen LogP contribution in [0.1, 0.15) is 32.8 Å². The van der Waals surface area contributed by atoms with E-state index >= 15 is 0 Å². The molecule has 0 aliphatic rings. The van der Waals surface area contributed by atoms with Gasteiger partial charge in [0.05, 0.1) is 10.5 Å². The summed E-state index contributed by atoms with van der Waals surface area (Å²) in [6.45, 7) is 0. The van der Waals surface area contributed by atoms with Crippen molar-refractivity contribution in [1.82, 2.24) is 0 Å². The highest BCUT2D eigenvalue weighted by molar-refractivity contribution is 8.00. The van der Waals surface area contributed by atoms with Crippen molar-refractivity contribution in [1.29, 1.82) is 0 Å². The monoisotopic (exact) mass is 402 g/mol. The van der Waals surface area contributed by atoms with Gasteiger partial charge in [-0.25, -0.2) is 8.78 Å². The average molecular weight is 403 g/mol. The molecule has 29 heavy (non-hydrogen) atoms. The summed E-state index contributed by atoms with van der Waals surface area (Å²) in [6, 6.07) is 33.5. The first-order chi connectivity index (χ1) is 14.2. The molecule has 4 aromatic rings. The van der Waals surface area contributed by atoms with Gasteiger partial charge in [-0.15, -0.1) is 11.8 Å². The zero-order valence-corrected chi connectivity index (χ0v) is 16.5. The van der Waals surface area contributed by atoms with Gasteiger partial charge in [-0.05, 0) is 46.5 Å². The Balaban J connectivity index is 1.80. The van der Waals surface area contributed by atoms with Crippen LogP contribution < -0.4 is 0 Å². The lowest BCUT2D eigenvalue weighted by atomic mass is 10.0. The molecule has 0 nitrogen and oxygen atoms in total. The molecule has 0 aliphatic heterocycles. The first kappa shape index (κ1) is 19.4. The van der Waals surface area contributed by atoms with Crippen LogP contribution in [0.2, 0.25) is 0 Å². The van der Waals surface area contributed by atoms with Gasteiger partial charge in [0.2, 0.25) is 0 Å². The molecule has 2 unspecified atom stereocenters. The quantitative estimate of drug-likeness (QED) is 0.320. The van der Waals surface area contributed by atoms with Gasteiger partial charge in [0.15, 0.2) is 0 Å². The van der Waals surface area contributed by atoms with Gasteiger partial charge >= 0.3 is 0 Å². The second-order valence-electron chi connectivity index (χ2n) is 6.83. The summed E-state index contributed by atoms with van der Waals surface area (Å²) in [5.74, 6) is -0.517. The third kappa shape index (κ3) is 4.75. The van der Waals surface area contributed by atoms with Gasteiger partial charge in [-0.3, -0.25) is 0 Å². The van der Waals surface area contributed by atoms with Gasteiger partial charge in [-0.2, -0.15) is 0 Å². The lowest BCUT2D eigenvalue weighted by Crippen LogP contribution is -2.04. The molecule has 0 amide bonds. The second-order valence-corrected chi connectivity index (χ2v) is 8.04. The van der Waals surface area contributed by atoms with Crippen molar-refractivity contribution in [2.24, 2.45) is 0 Å². The van der Waals surface area contributed by atoms with Crippen molar-refractivity contribution in [3.05, 3.63) is 143 Å². The highest BCUT2D eigenvalue weighted by Crippen LogP contribution is 2.47. The lowest BCUT2D eigenvalue weighted by Gasteiger charge is -2.25. The maximum Gasteiger partial charge on any atom is 0.123 e. The van der Waals surface area contributed by atoms with Crippen molar-refractivity contribution in [3.8, 4) is 0 Å². The summed E-state index contributed by atoms with van der Waals surface area (Å²) in [5, 5.41) is -0.194. The molecular weight excluding hydrogens is 382 g/mol. The first-order valence-corrected chi connectivity index (χ1v) is 10.4. The summed E-state index contributed by atoms with van der Waals surface area (Å²) in [5.41, 5.74) is 3.94. The van der Waals surface area contributed by atoms with E-state index in [0.717, 1.165) is 22.3 Å². The highest BCUT2D eigenvalue weighted by Gasteiger charge is 2.24. The molecule has 0 aromatic heterocycles. The van der Waals surface area contributed by atoms with E-state index in [4.69, 9.17) is 0 Å². The van der Waals surface area contributed by atoms with Gasteiger partial charge in [0, 0.05) is 0 Å². The Kier molecular flexibility index (Phi) is 6.06. The Labute approximate surface area is 174 Å². The number of hydrogen-bond acceptors (Lipinski definition) is 1. The Morgan fingerprint density at radius 1 is 0.448 bits per heavy atom. The molecular formula is C26H20F2S. The van der Waals surface area contributed by atoms with E-state index in [1.807, 2.05) is 48.5 Å². The number of thioether (sulfide) groups is 1. The topological polar surface area (TPSA) is 0 Å². The molecule has 0 saturated heterocycles. The van der Waals surface area contributed by atoms with Crippen molar-refractivity contribution in [3.63, 3.8) is 0 Å². The standard InChI is InChI=1S/C26H20F2S/c27-23-15-7-13-21(17-23)25(19-9-3-1-4-10-19)29-26(20-11-5-2-6-12-20)22-14-8-16-24(28)18-22/h1-18,25-26H. The summed E-state index contributed by atoms with van der Waals surface area (Å²) < 4.78 is 28.0.